The normalized spacial score (nSPS) is 23.1. The average Bonchev–Trinajstić information content (AvgIpc) is 2.76. The van der Waals surface area contributed by atoms with Crippen LogP contribution in [0.25, 0.3) is 10.8 Å². The van der Waals surface area contributed by atoms with Crippen LogP contribution in [0.3, 0.4) is 0 Å². The first-order chi connectivity index (χ1) is 14.0. The van der Waals surface area contributed by atoms with Crippen LogP contribution in [0.4, 0.5) is 0 Å². The highest BCUT2D eigenvalue weighted by Crippen LogP contribution is 2.44. The summed E-state index contributed by atoms with van der Waals surface area (Å²) >= 11 is 6.42. The first kappa shape index (κ1) is 20.0. The minimum absolute atomic E-state index is 0.00363. The third kappa shape index (κ3) is 3.79. The van der Waals surface area contributed by atoms with Gasteiger partial charge in [0.1, 0.15) is 5.75 Å². The van der Waals surface area contributed by atoms with Crippen molar-refractivity contribution in [1.29, 1.82) is 0 Å². The lowest BCUT2D eigenvalue weighted by Gasteiger charge is -2.44. The molecule has 1 fully saturated rings. The van der Waals surface area contributed by atoms with E-state index >= 15 is 0 Å². The van der Waals surface area contributed by atoms with E-state index in [-0.39, 0.29) is 23.1 Å². The molecule has 1 heterocycles. The van der Waals surface area contributed by atoms with Crippen molar-refractivity contribution in [2.24, 2.45) is 5.73 Å². The van der Waals surface area contributed by atoms with Crippen LogP contribution < -0.4 is 16.0 Å². The molecule has 1 atom stereocenters. The molecule has 0 amide bonds. The van der Waals surface area contributed by atoms with E-state index in [9.17, 15) is 4.79 Å². The van der Waals surface area contributed by atoms with Gasteiger partial charge in [0.25, 0.3) is 5.56 Å². The second-order valence-electron chi connectivity index (χ2n) is 8.03. The number of nitrogens with two attached hydrogens (primary N) is 1. The molecule has 4 rings (SSSR count). The number of nitrogens with one attached hydrogen (secondary N) is 1. The molecule has 0 radical (unpaired) electrons. The fraction of sp³-hybridized carbons (Fsp3) is 0.375. The molecule has 2 aromatic carbocycles. The van der Waals surface area contributed by atoms with Crippen LogP contribution >= 0.6 is 11.6 Å². The summed E-state index contributed by atoms with van der Waals surface area (Å²) in [5, 5.41) is 1.88. The lowest BCUT2D eigenvalue weighted by atomic mass is 9.64. The molecule has 0 aliphatic heterocycles. The van der Waals surface area contributed by atoms with Crippen LogP contribution in [0, 0.1) is 0 Å². The number of ether oxygens (including phenoxy) is 1. The van der Waals surface area contributed by atoms with Crippen molar-refractivity contribution in [2.45, 2.75) is 56.6 Å². The van der Waals surface area contributed by atoms with Crippen molar-refractivity contribution in [3.05, 3.63) is 75.7 Å². The number of benzene rings is 2. The number of aromatic amines is 1. The maximum Gasteiger partial charge on any atom is 0.255 e. The molecule has 0 saturated heterocycles. The van der Waals surface area contributed by atoms with Crippen LogP contribution in [0.15, 0.2) is 59.5 Å². The van der Waals surface area contributed by atoms with Gasteiger partial charge in [-0.15, -0.1) is 0 Å². The van der Waals surface area contributed by atoms with E-state index in [4.69, 9.17) is 22.1 Å². The number of H-pyrrole nitrogens is 1. The molecular formula is C24H27ClN2O2. The summed E-state index contributed by atoms with van der Waals surface area (Å²) in [5.74, 6) is 0.641. The number of aromatic nitrogens is 1. The zero-order valence-corrected chi connectivity index (χ0v) is 17.4. The van der Waals surface area contributed by atoms with Crippen molar-refractivity contribution >= 4 is 22.4 Å². The highest BCUT2D eigenvalue weighted by Gasteiger charge is 2.41. The van der Waals surface area contributed by atoms with Crippen LogP contribution in [0.1, 0.15) is 44.6 Å². The summed E-state index contributed by atoms with van der Waals surface area (Å²) in [6, 6.07) is 16.2. The fourth-order valence-corrected chi connectivity index (χ4v) is 4.93. The summed E-state index contributed by atoms with van der Waals surface area (Å²) < 4.78 is 6.29. The third-order valence-electron chi connectivity index (χ3n) is 6.44. The Kier molecular flexibility index (Phi) is 5.66. The SMILES string of the molecule is CCC(N)[C@]1(c2ccccc2)CC[C@@H](Oc2cc3cc[nH]c(=O)c3cc2Cl)CC1. The maximum absolute atomic E-state index is 12.0. The first-order valence-corrected chi connectivity index (χ1v) is 10.7. The molecule has 3 N–H and O–H groups in total. The minimum Gasteiger partial charge on any atom is -0.489 e. The summed E-state index contributed by atoms with van der Waals surface area (Å²) in [5.41, 5.74) is 7.80. The van der Waals surface area contributed by atoms with Crippen molar-refractivity contribution in [3.63, 3.8) is 0 Å². The monoisotopic (exact) mass is 410 g/mol. The Morgan fingerprint density at radius 3 is 2.62 bits per heavy atom. The standard InChI is InChI=1S/C24H27ClN2O2/c1-2-22(26)24(17-6-4-3-5-7-17)11-8-18(9-12-24)29-21-14-16-10-13-27-23(28)19(16)15-20(21)25/h3-7,10,13-15,18,22H,2,8-9,11-12,26H2,1H3,(H,27,28)/t18-,22?,24-. The molecule has 0 spiro atoms. The van der Waals surface area contributed by atoms with Crippen LogP contribution in [-0.4, -0.2) is 17.1 Å². The largest absolute Gasteiger partial charge is 0.489 e. The third-order valence-corrected chi connectivity index (χ3v) is 6.74. The Morgan fingerprint density at radius 2 is 1.93 bits per heavy atom. The van der Waals surface area contributed by atoms with Gasteiger partial charge in [0.2, 0.25) is 0 Å². The number of pyridine rings is 1. The predicted molar refractivity (Wildman–Crippen MR) is 119 cm³/mol. The molecule has 1 saturated carbocycles. The predicted octanol–water partition coefficient (Wildman–Crippen LogP) is 5.18. The van der Waals surface area contributed by atoms with Gasteiger partial charge < -0.3 is 15.5 Å². The van der Waals surface area contributed by atoms with Crippen LogP contribution in [0.5, 0.6) is 5.75 Å². The molecule has 1 unspecified atom stereocenters. The Labute approximate surface area is 176 Å². The Balaban J connectivity index is 1.54. The van der Waals surface area contributed by atoms with Gasteiger partial charge in [-0.1, -0.05) is 48.9 Å². The Bertz CT molecular complexity index is 1040. The molecule has 1 aliphatic carbocycles. The smallest absolute Gasteiger partial charge is 0.255 e. The molecular weight excluding hydrogens is 384 g/mol. The number of fused-ring (bicyclic) bond motifs is 1. The van der Waals surface area contributed by atoms with E-state index in [0.717, 1.165) is 37.5 Å². The lowest BCUT2D eigenvalue weighted by Crippen LogP contribution is -2.48. The summed E-state index contributed by atoms with van der Waals surface area (Å²) in [7, 11) is 0. The van der Waals surface area contributed by atoms with Gasteiger partial charge in [-0.05, 0) is 61.3 Å². The number of hydrogen-bond donors (Lipinski definition) is 2. The van der Waals surface area contributed by atoms with Crippen LogP contribution in [-0.2, 0) is 5.41 Å². The van der Waals surface area contributed by atoms with E-state index in [1.165, 1.54) is 5.56 Å². The summed E-state index contributed by atoms with van der Waals surface area (Å²) in [4.78, 5) is 14.6. The van der Waals surface area contributed by atoms with Gasteiger partial charge in [0.15, 0.2) is 0 Å². The van der Waals surface area contributed by atoms with Gasteiger partial charge in [0, 0.05) is 23.0 Å². The lowest BCUT2D eigenvalue weighted by molar-refractivity contribution is 0.104. The van der Waals surface area contributed by atoms with Crippen molar-refractivity contribution in [1.82, 2.24) is 4.98 Å². The molecule has 3 aromatic rings. The average molecular weight is 411 g/mol. The highest BCUT2D eigenvalue weighted by atomic mass is 35.5. The number of rotatable bonds is 5. The van der Waals surface area contributed by atoms with E-state index in [0.29, 0.717) is 16.2 Å². The van der Waals surface area contributed by atoms with Gasteiger partial charge in [-0.25, -0.2) is 0 Å². The van der Waals surface area contributed by atoms with Gasteiger partial charge in [-0.2, -0.15) is 0 Å². The topological polar surface area (TPSA) is 68.1 Å². The maximum atomic E-state index is 12.0. The molecule has 0 bridgehead atoms. The second kappa shape index (κ2) is 8.21. The Morgan fingerprint density at radius 1 is 1.21 bits per heavy atom. The van der Waals surface area contributed by atoms with Crippen molar-refractivity contribution in [2.75, 3.05) is 0 Å². The zero-order chi connectivity index (χ0) is 20.4. The minimum atomic E-state index is -0.144. The van der Waals surface area contributed by atoms with Gasteiger partial charge in [-0.3, -0.25) is 4.79 Å². The molecule has 29 heavy (non-hydrogen) atoms. The van der Waals surface area contributed by atoms with Gasteiger partial charge >= 0.3 is 0 Å². The van der Waals surface area contributed by atoms with E-state index in [1.54, 1.807) is 12.3 Å². The number of halogens is 1. The first-order valence-electron chi connectivity index (χ1n) is 10.3. The Hall–Kier alpha value is -2.30. The van der Waals surface area contributed by atoms with Gasteiger partial charge in [0.05, 0.1) is 11.1 Å². The van der Waals surface area contributed by atoms with Crippen LogP contribution in [0.2, 0.25) is 5.02 Å². The molecule has 152 valence electrons. The van der Waals surface area contributed by atoms with Crippen molar-refractivity contribution < 1.29 is 4.74 Å². The van der Waals surface area contributed by atoms with E-state index < -0.39 is 0 Å². The van der Waals surface area contributed by atoms with Crippen molar-refractivity contribution in [3.8, 4) is 5.75 Å². The molecule has 5 heteroatoms. The number of hydrogen-bond acceptors (Lipinski definition) is 3. The second-order valence-corrected chi connectivity index (χ2v) is 8.44. The molecule has 1 aliphatic rings. The molecule has 1 aromatic heterocycles. The summed E-state index contributed by atoms with van der Waals surface area (Å²) in [6.07, 6.45) is 6.50. The fourth-order valence-electron chi connectivity index (χ4n) is 4.72. The highest BCUT2D eigenvalue weighted by molar-refractivity contribution is 6.32. The van der Waals surface area contributed by atoms with E-state index in [2.05, 4.69) is 42.2 Å². The zero-order valence-electron chi connectivity index (χ0n) is 16.7. The molecule has 4 nitrogen and oxygen atoms in total. The summed E-state index contributed by atoms with van der Waals surface area (Å²) in [6.45, 7) is 2.16. The quantitative estimate of drug-likeness (QED) is 0.609. The van der Waals surface area contributed by atoms with E-state index in [1.807, 2.05) is 12.1 Å².